The number of hydrogen-bond acceptors (Lipinski definition) is 4. The fraction of sp³-hybridized carbons (Fsp3) is 0.500. The average molecular weight is 374 g/mol. The van der Waals surface area contributed by atoms with Gasteiger partial charge in [0.1, 0.15) is 5.82 Å². The first kappa shape index (κ1) is 19.4. The Morgan fingerprint density at radius 2 is 2.04 bits per heavy atom. The number of hydrogen-bond donors (Lipinski definition) is 2. The number of rotatable bonds is 5. The van der Waals surface area contributed by atoms with Crippen molar-refractivity contribution in [3.8, 4) is 0 Å². The van der Waals surface area contributed by atoms with E-state index in [-0.39, 0.29) is 23.9 Å². The maximum absolute atomic E-state index is 14.6. The molecule has 0 bridgehead atoms. The molecule has 3 rings (SSSR count). The number of halogens is 1. The van der Waals surface area contributed by atoms with Crippen molar-refractivity contribution < 1.29 is 13.9 Å². The Bertz CT molecular complexity index is 795. The number of morpholine rings is 1. The Morgan fingerprint density at radius 3 is 2.67 bits per heavy atom. The van der Waals surface area contributed by atoms with Crippen LogP contribution in [0.1, 0.15) is 43.9 Å². The molecule has 2 N–H and O–H groups in total. The van der Waals surface area contributed by atoms with Crippen molar-refractivity contribution >= 4 is 17.3 Å². The van der Waals surface area contributed by atoms with Crippen LogP contribution in [0.2, 0.25) is 0 Å². The molecule has 2 heterocycles. The van der Waals surface area contributed by atoms with Crippen LogP contribution in [0, 0.1) is 11.7 Å². The minimum absolute atomic E-state index is 0.0484. The zero-order chi connectivity index (χ0) is 19.6. The minimum Gasteiger partial charge on any atom is -0.372 e. The molecule has 0 aliphatic carbocycles. The van der Waals surface area contributed by atoms with Crippen LogP contribution in [0.15, 0.2) is 24.3 Å². The van der Waals surface area contributed by atoms with Crippen molar-refractivity contribution in [3.63, 3.8) is 0 Å². The van der Waals surface area contributed by atoms with Crippen molar-refractivity contribution in [2.24, 2.45) is 5.92 Å². The molecular weight excluding hydrogens is 347 g/mol. The average Bonchev–Trinajstić information content (AvgIpc) is 3.01. The van der Waals surface area contributed by atoms with Crippen LogP contribution in [0.3, 0.4) is 0 Å². The highest BCUT2D eigenvalue weighted by Gasteiger charge is 2.24. The third-order valence-electron chi connectivity index (χ3n) is 4.46. The minimum atomic E-state index is -0.364. The second kappa shape index (κ2) is 8.08. The molecular formula is C20H27FN4O2. The maximum Gasteiger partial charge on any atom is 0.276 e. The molecule has 6 nitrogen and oxygen atoms in total. The Hall–Kier alpha value is -2.41. The van der Waals surface area contributed by atoms with E-state index in [1.165, 1.54) is 6.07 Å². The highest BCUT2D eigenvalue weighted by molar-refractivity contribution is 6.03. The van der Waals surface area contributed by atoms with Crippen LogP contribution < -0.4 is 10.2 Å². The second-order valence-corrected chi connectivity index (χ2v) is 7.66. The van der Waals surface area contributed by atoms with Crippen molar-refractivity contribution in [1.29, 1.82) is 0 Å². The zero-order valence-electron chi connectivity index (χ0n) is 16.3. The summed E-state index contributed by atoms with van der Waals surface area (Å²) in [6.45, 7) is 9.43. The van der Waals surface area contributed by atoms with Crippen LogP contribution in [0.4, 0.5) is 15.8 Å². The number of nitrogens with zero attached hydrogens (tertiary/aromatic N) is 2. The van der Waals surface area contributed by atoms with E-state index in [2.05, 4.69) is 29.4 Å². The molecule has 0 radical (unpaired) electrons. The smallest absolute Gasteiger partial charge is 0.276 e. The summed E-state index contributed by atoms with van der Waals surface area (Å²) >= 11 is 0. The normalized spacial score (nSPS) is 20.1. The lowest BCUT2D eigenvalue weighted by molar-refractivity contribution is -0.00539. The number of amides is 1. The Balaban J connectivity index is 1.68. The molecule has 1 aromatic heterocycles. The van der Waals surface area contributed by atoms with Crippen molar-refractivity contribution in [2.75, 3.05) is 23.3 Å². The van der Waals surface area contributed by atoms with Crippen LogP contribution in [0.5, 0.6) is 0 Å². The maximum atomic E-state index is 14.6. The summed E-state index contributed by atoms with van der Waals surface area (Å²) in [6, 6.07) is 6.49. The van der Waals surface area contributed by atoms with E-state index >= 15 is 0 Å². The molecule has 0 saturated carbocycles. The van der Waals surface area contributed by atoms with Crippen molar-refractivity contribution in [1.82, 2.24) is 10.2 Å². The molecule has 1 aliphatic rings. The summed E-state index contributed by atoms with van der Waals surface area (Å²) < 4.78 is 20.3. The topological polar surface area (TPSA) is 70.2 Å². The highest BCUT2D eigenvalue weighted by Crippen LogP contribution is 2.26. The number of ether oxygens (including phenoxy) is 1. The summed E-state index contributed by atoms with van der Waals surface area (Å²) in [6.07, 6.45) is 0.916. The number of nitrogens with one attached hydrogen (secondary N) is 2. The summed E-state index contributed by atoms with van der Waals surface area (Å²) in [5.74, 6) is -0.257. The van der Waals surface area contributed by atoms with Crippen LogP contribution in [-0.4, -0.2) is 41.4 Å². The van der Waals surface area contributed by atoms with Gasteiger partial charge < -0.3 is 15.0 Å². The first-order valence-corrected chi connectivity index (χ1v) is 9.37. The summed E-state index contributed by atoms with van der Waals surface area (Å²) in [5.41, 5.74) is 2.14. The molecule has 27 heavy (non-hydrogen) atoms. The van der Waals surface area contributed by atoms with Gasteiger partial charge in [0, 0.05) is 24.5 Å². The number of carbonyl (C=O) groups is 1. The number of H-pyrrole nitrogens is 1. The van der Waals surface area contributed by atoms with Gasteiger partial charge in [-0.3, -0.25) is 9.89 Å². The van der Waals surface area contributed by atoms with Gasteiger partial charge in [0.25, 0.3) is 5.91 Å². The van der Waals surface area contributed by atoms with Gasteiger partial charge in [0.15, 0.2) is 5.69 Å². The van der Waals surface area contributed by atoms with Gasteiger partial charge in [-0.25, -0.2) is 4.39 Å². The Morgan fingerprint density at radius 1 is 1.33 bits per heavy atom. The number of aromatic amines is 1. The van der Waals surface area contributed by atoms with E-state index < -0.39 is 0 Å². The van der Waals surface area contributed by atoms with E-state index in [1.54, 1.807) is 18.2 Å². The van der Waals surface area contributed by atoms with Gasteiger partial charge in [-0.15, -0.1) is 0 Å². The quantitative estimate of drug-likeness (QED) is 0.839. The monoisotopic (exact) mass is 374 g/mol. The number of carbonyl (C=O) groups excluding carboxylic acids is 1. The number of aromatic nitrogens is 2. The summed E-state index contributed by atoms with van der Waals surface area (Å²) in [4.78, 5) is 14.3. The lowest BCUT2D eigenvalue weighted by Crippen LogP contribution is -2.45. The van der Waals surface area contributed by atoms with Gasteiger partial charge in [-0.2, -0.15) is 5.10 Å². The first-order chi connectivity index (χ1) is 12.8. The van der Waals surface area contributed by atoms with Crippen LogP contribution in [0.25, 0.3) is 0 Å². The second-order valence-electron chi connectivity index (χ2n) is 7.66. The first-order valence-electron chi connectivity index (χ1n) is 9.37. The molecule has 2 aromatic rings. The fourth-order valence-electron chi connectivity index (χ4n) is 3.43. The molecule has 2 unspecified atom stereocenters. The summed E-state index contributed by atoms with van der Waals surface area (Å²) in [5, 5.41) is 9.62. The lowest BCUT2D eigenvalue weighted by Gasteiger charge is -2.37. The molecule has 2 atom stereocenters. The van der Waals surface area contributed by atoms with Gasteiger partial charge >= 0.3 is 0 Å². The van der Waals surface area contributed by atoms with Crippen LogP contribution in [-0.2, 0) is 11.2 Å². The van der Waals surface area contributed by atoms with E-state index in [9.17, 15) is 9.18 Å². The molecule has 1 aromatic carbocycles. The molecule has 146 valence electrons. The van der Waals surface area contributed by atoms with Crippen molar-refractivity contribution in [2.45, 2.75) is 46.3 Å². The molecule has 1 fully saturated rings. The van der Waals surface area contributed by atoms with E-state index in [1.807, 2.05) is 18.7 Å². The van der Waals surface area contributed by atoms with Gasteiger partial charge in [-0.05, 0) is 50.5 Å². The largest absolute Gasteiger partial charge is 0.372 e. The Labute approximate surface area is 159 Å². The molecule has 1 amide bonds. The zero-order valence-corrected chi connectivity index (χ0v) is 16.3. The van der Waals surface area contributed by atoms with Crippen molar-refractivity contribution in [3.05, 3.63) is 41.5 Å². The summed E-state index contributed by atoms with van der Waals surface area (Å²) in [7, 11) is 0. The Kier molecular flexibility index (Phi) is 5.79. The SMILES string of the molecule is CC(C)Cc1cc(C(=O)Nc2ccc(N3CC(C)OC(C)C3)c(F)c2)n[nH]1. The number of anilines is 2. The van der Waals surface area contributed by atoms with Gasteiger partial charge in [-0.1, -0.05) is 13.8 Å². The van der Waals surface area contributed by atoms with Crippen LogP contribution >= 0.6 is 0 Å². The van der Waals surface area contributed by atoms with Gasteiger partial charge in [0.2, 0.25) is 0 Å². The number of benzene rings is 1. The third-order valence-corrected chi connectivity index (χ3v) is 4.46. The van der Waals surface area contributed by atoms with E-state index in [4.69, 9.17) is 4.74 Å². The fourth-order valence-corrected chi connectivity index (χ4v) is 3.43. The molecule has 7 heteroatoms. The van der Waals surface area contributed by atoms with Gasteiger partial charge in [0.05, 0.1) is 17.9 Å². The predicted molar refractivity (Wildman–Crippen MR) is 104 cm³/mol. The highest BCUT2D eigenvalue weighted by atomic mass is 19.1. The molecule has 1 saturated heterocycles. The predicted octanol–water partition coefficient (Wildman–Crippen LogP) is 3.61. The standard InChI is InChI=1S/C20H27FN4O2/c1-12(2)7-16-9-18(24-23-16)20(26)22-15-5-6-19(17(21)8-15)25-10-13(3)27-14(4)11-25/h5-6,8-9,12-14H,7,10-11H2,1-4H3,(H,22,26)(H,23,24). The molecule has 1 aliphatic heterocycles. The lowest BCUT2D eigenvalue weighted by atomic mass is 10.1. The van der Waals surface area contributed by atoms with E-state index in [0.29, 0.717) is 36.1 Å². The third kappa shape index (κ3) is 4.86. The molecule has 0 spiro atoms. The van der Waals surface area contributed by atoms with E-state index in [0.717, 1.165) is 12.1 Å².